The Bertz CT molecular complexity index is 572. The Labute approximate surface area is 114 Å². The van der Waals surface area contributed by atoms with Gasteiger partial charge in [0.05, 0.1) is 17.2 Å². The van der Waals surface area contributed by atoms with E-state index in [1.165, 1.54) is 4.90 Å². The van der Waals surface area contributed by atoms with Crippen molar-refractivity contribution < 1.29 is 19.6 Å². The minimum absolute atomic E-state index is 0.0455. The van der Waals surface area contributed by atoms with Crippen molar-refractivity contribution in [1.82, 2.24) is 4.90 Å². The lowest BCUT2D eigenvalue weighted by atomic mass is 10.2. The van der Waals surface area contributed by atoms with Crippen molar-refractivity contribution in [2.75, 3.05) is 18.4 Å². The molecular weight excluding hydrogens is 266 g/mol. The van der Waals surface area contributed by atoms with Crippen LogP contribution in [0.5, 0.6) is 5.75 Å². The first kappa shape index (κ1) is 13.8. The Morgan fingerprint density at radius 2 is 2.25 bits per heavy atom. The first-order valence-electron chi connectivity index (χ1n) is 6.02. The number of nitrogens with one attached hydrogen (secondary N) is 1. The average molecular weight is 279 g/mol. The van der Waals surface area contributed by atoms with Crippen LogP contribution in [0.4, 0.5) is 11.4 Å². The lowest BCUT2D eigenvalue weighted by molar-refractivity contribution is -0.384. The summed E-state index contributed by atoms with van der Waals surface area (Å²) in [4.78, 5) is 34.6. The molecule has 0 radical (unpaired) electrons. The van der Waals surface area contributed by atoms with E-state index >= 15 is 0 Å². The number of hydrogen-bond acceptors (Lipinski definition) is 5. The number of nitro benzene ring substituents is 1. The molecule has 0 aromatic heterocycles. The number of rotatable bonds is 4. The van der Waals surface area contributed by atoms with Gasteiger partial charge in [-0.05, 0) is 12.5 Å². The third-order valence-corrected chi connectivity index (χ3v) is 2.97. The molecule has 0 saturated carbocycles. The summed E-state index contributed by atoms with van der Waals surface area (Å²) < 4.78 is 0. The fourth-order valence-electron chi connectivity index (χ4n) is 1.97. The summed E-state index contributed by atoms with van der Waals surface area (Å²) in [6.45, 7) is 0.397. The quantitative estimate of drug-likeness (QED) is 0.482. The van der Waals surface area contributed by atoms with Gasteiger partial charge in [0.2, 0.25) is 11.8 Å². The van der Waals surface area contributed by atoms with Crippen LogP contribution in [-0.4, -0.2) is 39.8 Å². The highest BCUT2D eigenvalue weighted by atomic mass is 16.6. The van der Waals surface area contributed by atoms with Gasteiger partial charge in [0, 0.05) is 25.1 Å². The number of likely N-dealkylation sites (tertiary alicyclic amines) is 1. The first-order chi connectivity index (χ1) is 9.47. The number of non-ortho nitro benzene ring substituents is 1. The average Bonchev–Trinajstić information content (AvgIpc) is 2.77. The molecule has 1 aromatic rings. The molecule has 2 amide bonds. The summed E-state index contributed by atoms with van der Waals surface area (Å²) in [7, 11) is 0. The van der Waals surface area contributed by atoms with Crippen LogP contribution in [0.2, 0.25) is 0 Å². The van der Waals surface area contributed by atoms with Crippen molar-refractivity contribution >= 4 is 23.2 Å². The van der Waals surface area contributed by atoms with Gasteiger partial charge in [-0.2, -0.15) is 0 Å². The van der Waals surface area contributed by atoms with Gasteiger partial charge in [-0.15, -0.1) is 0 Å². The van der Waals surface area contributed by atoms with Crippen molar-refractivity contribution in [3.8, 4) is 5.75 Å². The van der Waals surface area contributed by atoms with Crippen LogP contribution in [0.15, 0.2) is 18.2 Å². The number of carbonyl (C=O) groups is 2. The second kappa shape index (κ2) is 5.55. The fourth-order valence-corrected chi connectivity index (χ4v) is 1.97. The number of benzene rings is 1. The van der Waals surface area contributed by atoms with Crippen LogP contribution in [0.3, 0.4) is 0 Å². The van der Waals surface area contributed by atoms with Crippen molar-refractivity contribution in [2.45, 2.75) is 12.8 Å². The molecule has 8 heteroatoms. The normalized spacial score (nSPS) is 14.4. The molecule has 1 fully saturated rings. The van der Waals surface area contributed by atoms with Crippen LogP contribution in [0.25, 0.3) is 0 Å². The number of hydrogen-bond donors (Lipinski definition) is 2. The van der Waals surface area contributed by atoms with Crippen molar-refractivity contribution in [3.05, 3.63) is 28.3 Å². The molecule has 1 heterocycles. The summed E-state index contributed by atoms with van der Waals surface area (Å²) in [5.41, 5.74) is -0.286. The molecule has 0 aliphatic carbocycles. The number of nitrogens with zero attached hydrogens (tertiary/aromatic N) is 2. The summed E-state index contributed by atoms with van der Waals surface area (Å²) in [6.07, 6.45) is 1.14. The third kappa shape index (κ3) is 3.02. The smallest absolute Gasteiger partial charge is 0.271 e. The van der Waals surface area contributed by atoms with Gasteiger partial charge >= 0.3 is 0 Å². The maximum Gasteiger partial charge on any atom is 0.271 e. The third-order valence-electron chi connectivity index (χ3n) is 2.97. The minimum atomic E-state index is -0.626. The fraction of sp³-hybridized carbons (Fsp3) is 0.333. The van der Waals surface area contributed by atoms with Crippen molar-refractivity contribution in [3.63, 3.8) is 0 Å². The number of carbonyl (C=O) groups excluding carboxylic acids is 2. The lowest BCUT2D eigenvalue weighted by Gasteiger charge is -2.15. The zero-order chi connectivity index (χ0) is 14.7. The van der Waals surface area contributed by atoms with Gasteiger partial charge in [-0.25, -0.2) is 0 Å². The van der Waals surface area contributed by atoms with E-state index in [1.807, 2.05) is 0 Å². The lowest BCUT2D eigenvalue weighted by Crippen LogP contribution is -2.33. The van der Waals surface area contributed by atoms with Crippen LogP contribution < -0.4 is 5.32 Å². The molecule has 2 N–H and O–H groups in total. The topological polar surface area (TPSA) is 113 Å². The van der Waals surface area contributed by atoms with Gasteiger partial charge in [0.15, 0.2) is 0 Å². The second-order valence-corrected chi connectivity index (χ2v) is 4.43. The number of nitro groups is 1. The Kier molecular flexibility index (Phi) is 3.83. The molecule has 0 unspecified atom stereocenters. The largest absolute Gasteiger partial charge is 0.506 e. The predicted molar refractivity (Wildman–Crippen MR) is 69.2 cm³/mol. The van der Waals surface area contributed by atoms with E-state index in [0.717, 1.165) is 18.2 Å². The van der Waals surface area contributed by atoms with Gasteiger partial charge in [-0.1, -0.05) is 0 Å². The molecular formula is C12H13N3O5. The minimum Gasteiger partial charge on any atom is -0.506 e. The predicted octanol–water partition coefficient (Wildman–Crippen LogP) is 0.861. The van der Waals surface area contributed by atoms with E-state index in [-0.39, 0.29) is 29.6 Å². The summed E-state index contributed by atoms with van der Waals surface area (Å²) in [5, 5.41) is 22.6. The van der Waals surface area contributed by atoms with Crippen LogP contribution in [-0.2, 0) is 9.59 Å². The first-order valence-corrected chi connectivity index (χ1v) is 6.02. The molecule has 1 aromatic carbocycles. The van der Waals surface area contributed by atoms with Gasteiger partial charge in [0.25, 0.3) is 5.69 Å². The standard InChI is InChI=1S/C12H13N3O5/c16-10-4-3-8(15(19)20)6-9(10)13-11(17)7-14-5-1-2-12(14)18/h3-4,6,16H,1-2,5,7H2,(H,13,17). The van der Waals surface area contributed by atoms with E-state index in [2.05, 4.69) is 5.32 Å². The number of aromatic hydroxyl groups is 1. The van der Waals surface area contributed by atoms with Gasteiger partial charge < -0.3 is 15.3 Å². The summed E-state index contributed by atoms with van der Waals surface area (Å²) in [5.74, 6) is -0.865. The van der Waals surface area contributed by atoms with E-state index in [0.29, 0.717) is 19.4 Å². The molecule has 1 saturated heterocycles. The molecule has 0 atom stereocenters. The number of phenolic OH excluding ortho intramolecular Hbond substituents is 1. The maximum absolute atomic E-state index is 11.8. The molecule has 0 bridgehead atoms. The highest BCUT2D eigenvalue weighted by Gasteiger charge is 2.23. The Hall–Kier alpha value is -2.64. The molecule has 8 nitrogen and oxygen atoms in total. The molecule has 2 rings (SSSR count). The van der Waals surface area contributed by atoms with E-state index in [4.69, 9.17) is 0 Å². The highest BCUT2D eigenvalue weighted by Crippen LogP contribution is 2.27. The second-order valence-electron chi connectivity index (χ2n) is 4.43. The number of anilines is 1. The zero-order valence-electron chi connectivity index (χ0n) is 10.5. The molecule has 0 spiro atoms. The van der Waals surface area contributed by atoms with Gasteiger partial charge in [-0.3, -0.25) is 19.7 Å². The van der Waals surface area contributed by atoms with Crippen LogP contribution in [0, 0.1) is 10.1 Å². The zero-order valence-corrected chi connectivity index (χ0v) is 10.5. The van der Waals surface area contributed by atoms with E-state index in [9.17, 15) is 24.8 Å². The van der Waals surface area contributed by atoms with Crippen LogP contribution in [0.1, 0.15) is 12.8 Å². The molecule has 1 aliphatic rings. The Morgan fingerprint density at radius 3 is 2.85 bits per heavy atom. The monoisotopic (exact) mass is 279 g/mol. The molecule has 20 heavy (non-hydrogen) atoms. The van der Waals surface area contributed by atoms with Gasteiger partial charge in [0.1, 0.15) is 5.75 Å². The SMILES string of the molecule is O=C(CN1CCCC1=O)Nc1cc([N+](=O)[O-])ccc1O. The summed E-state index contributed by atoms with van der Waals surface area (Å²) in [6, 6.07) is 3.34. The molecule has 106 valence electrons. The number of phenols is 1. The Balaban J connectivity index is 2.05. The maximum atomic E-state index is 11.8. The summed E-state index contributed by atoms with van der Waals surface area (Å²) >= 11 is 0. The van der Waals surface area contributed by atoms with Crippen molar-refractivity contribution in [1.29, 1.82) is 0 Å². The number of amides is 2. The highest BCUT2D eigenvalue weighted by molar-refractivity contribution is 5.96. The Morgan fingerprint density at radius 1 is 1.50 bits per heavy atom. The van der Waals surface area contributed by atoms with E-state index < -0.39 is 10.8 Å². The van der Waals surface area contributed by atoms with E-state index in [1.54, 1.807) is 0 Å². The molecule has 1 aliphatic heterocycles. The van der Waals surface area contributed by atoms with Crippen LogP contribution >= 0.6 is 0 Å². The van der Waals surface area contributed by atoms with Crippen molar-refractivity contribution in [2.24, 2.45) is 0 Å².